The number of aromatic nitrogens is 2. The van der Waals surface area contributed by atoms with Gasteiger partial charge in [0.15, 0.2) is 5.82 Å². The summed E-state index contributed by atoms with van der Waals surface area (Å²) in [6.45, 7) is 3.32. The Morgan fingerprint density at radius 1 is 1.06 bits per heavy atom. The van der Waals surface area contributed by atoms with Crippen LogP contribution in [0.1, 0.15) is 0 Å². The molecule has 1 aliphatic heterocycles. The van der Waals surface area contributed by atoms with E-state index in [1.807, 2.05) is 24.3 Å². The fourth-order valence-electron chi connectivity index (χ4n) is 3.55. The van der Waals surface area contributed by atoms with Crippen LogP contribution in [0.3, 0.4) is 0 Å². The largest absolute Gasteiger partial charge is 0.495 e. The molecule has 0 saturated carbocycles. The van der Waals surface area contributed by atoms with E-state index in [1.165, 1.54) is 30.6 Å². The number of fused-ring (bicyclic) bond motifs is 1. The number of methoxy groups -OCH3 is 1. The molecule has 1 aromatic heterocycles. The first-order valence-corrected chi connectivity index (χ1v) is 11.7. The fourth-order valence-corrected chi connectivity index (χ4v) is 5.13. The third-order valence-corrected chi connectivity index (χ3v) is 7.42. The predicted octanol–water partition coefficient (Wildman–Crippen LogP) is 2.87. The second-order valence-corrected chi connectivity index (χ2v) is 9.80. The molecule has 0 N–H and O–H groups in total. The molecule has 0 unspecified atom stereocenters. The summed E-state index contributed by atoms with van der Waals surface area (Å²) < 4.78 is 33.5. The topological polar surface area (TPSA) is 78.9 Å². The van der Waals surface area contributed by atoms with Crippen molar-refractivity contribution in [1.82, 2.24) is 14.9 Å². The van der Waals surface area contributed by atoms with Crippen LogP contribution in [0.4, 0.5) is 11.8 Å². The highest BCUT2D eigenvalue weighted by molar-refractivity contribution is 7.93. The number of hydrogen-bond donors (Lipinski definition) is 0. The van der Waals surface area contributed by atoms with Gasteiger partial charge in [-0.3, -0.25) is 4.31 Å². The van der Waals surface area contributed by atoms with Gasteiger partial charge in [0.25, 0.3) is 10.0 Å². The second kappa shape index (κ2) is 8.49. The smallest absolute Gasteiger partial charge is 0.268 e. The van der Waals surface area contributed by atoms with E-state index in [9.17, 15) is 8.42 Å². The number of anilines is 2. The molecule has 164 valence electrons. The number of hydrogen-bond acceptors (Lipinski definition) is 7. The van der Waals surface area contributed by atoms with Crippen molar-refractivity contribution in [3.63, 3.8) is 0 Å². The third kappa shape index (κ3) is 4.13. The van der Waals surface area contributed by atoms with E-state index >= 15 is 0 Å². The summed E-state index contributed by atoms with van der Waals surface area (Å²) in [7, 11) is 0.983. The van der Waals surface area contributed by atoms with Crippen molar-refractivity contribution in [2.24, 2.45) is 0 Å². The van der Waals surface area contributed by atoms with Gasteiger partial charge in [-0.1, -0.05) is 23.7 Å². The number of piperazine rings is 1. The Hall–Kier alpha value is -2.62. The molecule has 2 heterocycles. The van der Waals surface area contributed by atoms with Crippen LogP contribution in [0.25, 0.3) is 10.9 Å². The van der Waals surface area contributed by atoms with Crippen molar-refractivity contribution in [2.75, 3.05) is 56.6 Å². The van der Waals surface area contributed by atoms with Crippen LogP contribution in [-0.2, 0) is 10.0 Å². The van der Waals surface area contributed by atoms with Crippen molar-refractivity contribution in [2.45, 2.75) is 4.90 Å². The fraction of sp³-hybridized carbons (Fsp3) is 0.333. The van der Waals surface area contributed by atoms with E-state index in [2.05, 4.69) is 21.8 Å². The molecule has 31 heavy (non-hydrogen) atoms. The molecule has 3 aromatic rings. The van der Waals surface area contributed by atoms with Crippen LogP contribution in [0.15, 0.2) is 47.4 Å². The van der Waals surface area contributed by atoms with E-state index in [1.54, 1.807) is 6.07 Å². The quantitative estimate of drug-likeness (QED) is 0.578. The Morgan fingerprint density at radius 2 is 1.77 bits per heavy atom. The Morgan fingerprint density at radius 3 is 2.48 bits per heavy atom. The Balaban J connectivity index is 1.84. The molecule has 0 radical (unpaired) electrons. The summed E-state index contributed by atoms with van der Waals surface area (Å²) in [5.74, 6) is 1.04. The van der Waals surface area contributed by atoms with Gasteiger partial charge in [0.1, 0.15) is 10.6 Å². The lowest BCUT2D eigenvalue weighted by atomic mass is 10.2. The maximum absolute atomic E-state index is 13.5. The highest BCUT2D eigenvalue weighted by atomic mass is 35.5. The molecule has 1 aliphatic rings. The lowest BCUT2D eigenvalue weighted by Gasteiger charge is -2.33. The van der Waals surface area contributed by atoms with Gasteiger partial charge in [0.05, 0.1) is 12.6 Å². The minimum Gasteiger partial charge on any atom is -0.495 e. The number of rotatable bonds is 5. The van der Waals surface area contributed by atoms with Crippen LogP contribution < -0.4 is 13.9 Å². The van der Waals surface area contributed by atoms with Crippen LogP contribution in [-0.4, -0.2) is 70.7 Å². The second-order valence-electron chi connectivity index (χ2n) is 7.42. The molecule has 0 spiro atoms. The normalized spacial score (nSPS) is 15.3. The van der Waals surface area contributed by atoms with Crippen LogP contribution in [0, 0.1) is 0 Å². The monoisotopic (exact) mass is 461 g/mol. The molecule has 10 heteroatoms. The summed E-state index contributed by atoms with van der Waals surface area (Å²) in [5.41, 5.74) is 0.682. The van der Waals surface area contributed by atoms with E-state index in [4.69, 9.17) is 21.3 Å². The number of para-hydroxylation sites is 1. The molecule has 0 aliphatic carbocycles. The van der Waals surface area contributed by atoms with Crippen LogP contribution in [0.2, 0.25) is 5.02 Å². The lowest BCUT2D eigenvalue weighted by Crippen LogP contribution is -2.45. The standard InChI is InChI=1S/C21H24ClN5O3S/c1-25-10-12-27(13-11-25)21-23-17-7-5-4-6-16(17)20(24-21)26(2)31(28,29)19-14-15(22)8-9-18(19)30-3/h4-9,14H,10-13H2,1-3H3. The van der Waals surface area contributed by atoms with Crippen molar-refractivity contribution in [1.29, 1.82) is 0 Å². The number of halogens is 1. The maximum atomic E-state index is 13.5. The number of benzene rings is 2. The third-order valence-electron chi connectivity index (χ3n) is 5.42. The number of nitrogens with zero attached hydrogens (tertiary/aromatic N) is 5. The van der Waals surface area contributed by atoms with Crippen LogP contribution >= 0.6 is 11.6 Å². The van der Waals surface area contributed by atoms with Crippen molar-refractivity contribution >= 4 is 44.3 Å². The van der Waals surface area contributed by atoms with Gasteiger partial charge >= 0.3 is 0 Å². The van der Waals surface area contributed by atoms with Crippen LogP contribution in [0.5, 0.6) is 5.75 Å². The first-order chi connectivity index (χ1) is 14.8. The van der Waals surface area contributed by atoms with Gasteiger partial charge in [-0.05, 0) is 37.4 Å². The minimum atomic E-state index is -4.00. The average molecular weight is 462 g/mol. The van der Waals surface area contributed by atoms with E-state index in [-0.39, 0.29) is 10.6 Å². The zero-order valence-electron chi connectivity index (χ0n) is 17.6. The van der Waals surface area contributed by atoms with Crippen molar-refractivity contribution in [3.05, 3.63) is 47.5 Å². The summed E-state index contributed by atoms with van der Waals surface area (Å²) in [6, 6.07) is 11.9. The summed E-state index contributed by atoms with van der Waals surface area (Å²) in [6.07, 6.45) is 0. The molecule has 2 aromatic carbocycles. The minimum absolute atomic E-state index is 0.0196. The zero-order chi connectivity index (χ0) is 22.2. The lowest BCUT2D eigenvalue weighted by molar-refractivity contribution is 0.311. The summed E-state index contributed by atoms with van der Waals surface area (Å²) >= 11 is 6.09. The average Bonchev–Trinajstić information content (AvgIpc) is 2.78. The highest BCUT2D eigenvalue weighted by Gasteiger charge is 2.29. The molecule has 0 amide bonds. The molecule has 0 bridgehead atoms. The molecule has 8 nitrogen and oxygen atoms in total. The van der Waals surface area contributed by atoms with Gasteiger partial charge in [-0.15, -0.1) is 0 Å². The van der Waals surface area contributed by atoms with Crippen molar-refractivity contribution in [3.8, 4) is 5.75 Å². The molecule has 4 rings (SSSR count). The molecular formula is C21H24ClN5O3S. The highest BCUT2D eigenvalue weighted by Crippen LogP contribution is 2.34. The zero-order valence-corrected chi connectivity index (χ0v) is 19.2. The van der Waals surface area contributed by atoms with Gasteiger partial charge in [-0.25, -0.2) is 13.4 Å². The van der Waals surface area contributed by atoms with Gasteiger partial charge < -0.3 is 14.5 Å². The number of sulfonamides is 1. The van der Waals surface area contributed by atoms with Gasteiger partial charge in [-0.2, -0.15) is 4.98 Å². The molecule has 1 fully saturated rings. The maximum Gasteiger partial charge on any atom is 0.268 e. The first kappa shape index (κ1) is 21.6. The predicted molar refractivity (Wildman–Crippen MR) is 123 cm³/mol. The van der Waals surface area contributed by atoms with Gasteiger partial charge in [0.2, 0.25) is 5.95 Å². The summed E-state index contributed by atoms with van der Waals surface area (Å²) in [5, 5.41) is 0.950. The molecule has 1 saturated heterocycles. The van der Waals surface area contributed by atoms with E-state index in [0.717, 1.165) is 26.2 Å². The Bertz CT molecular complexity index is 1210. The number of ether oxygens (including phenoxy) is 1. The van der Waals surface area contributed by atoms with E-state index in [0.29, 0.717) is 27.7 Å². The summed E-state index contributed by atoms with van der Waals surface area (Å²) in [4.78, 5) is 13.7. The molecule has 0 atom stereocenters. The van der Waals surface area contributed by atoms with Gasteiger partial charge in [0, 0.05) is 43.6 Å². The SMILES string of the molecule is COc1ccc(Cl)cc1S(=O)(=O)N(C)c1nc(N2CCN(C)CC2)nc2ccccc12. The van der Waals surface area contributed by atoms with E-state index < -0.39 is 10.0 Å². The Kier molecular flexibility index (Phi) is 5.92. The first-order valence-electron chi connectivity index (χ1n) is 9.84. The molecular weight excluding hydrogens is 438 g/mol. The van der Waals surface area contributed by atoms with Crippen molar-refractivity contribution < 1.29 is 13.2 Å². The number of likely N-dealkylation sites (N-methyl/N-ethyl adjacent to an activating group) is 1. The Labute approximate surface area is 187 Å².